The quantitative estimate of drug-likeness (QED) is 0.432. The summed E-state index contributed by atoms with van der Waals surface area (Å²) in [5.41, 5.74) is 3.04. The minimum Gasteiger partial charge on any atom is -0.493 e. The predicted molar refractivity (Wildman–Crippen MR) is 140 cm³/mol. The molecule has 1 amide bonds. The van der Waals surface area contributed by atoms with Crippen LogP contribution in [-0.2, 0) is 10.0 Å². The molecule has 0 saturated heterocycles. The summed E-state index contributed by atoms with van der Waals surface area (Å²) in [6, 6.07) is 19.0. The Bertz CT molecular complexity index is 1300. The second-order valence-electron chi connectivity index (χ2n) is 9.08. The van der Waals surface area contributed by atoms with Gasteiger partial charge >= 0.3 is 0 Å². The highest BCUT2D eigenvalue weighted by molar-refractivity contribution is 7.92. The van der Waals surface area contributed by atoms with E-state index in [1.54, 1.807) is 38.5 Å². The van der Waals surface area contributed by atoms with Crippen LogP contribution in [0.3, 0.4) is 0 Å². The van der Waals surface area contributed by atoms with Crippen molar-refractivity contribution in [2.75, 3.05) is 18.9 Å². The largest absolute Gasteiger partial charge is 0.493 e. The molecule has 1 saturated carbocycles. The Kier molecular flexibility index (Phi) is 7.84. The second-order valence-corrected chi connectivity index (χ2v) is 10.8. The highest BCUT2D eigenvalue weighted by atomic mass is 32.2. The van der Waals surface area contributed by atoms with E-state index in [4.69, 9.17) is 9.47 Å². The van der Waals surface area contributed by atoms with Crippen molar-refractivity contribution in [3.8, 4) is 11.5 Å². The second kappa shape index (κ2) is 11.0. The van der Waals surface area contributed by atoms with Crippen LogP contribution in [-0.4, -0.2) is 34.6 Å². The van der Waals surface area contributed by atoms with Crippen LogP contribution in [0.15, 0.2) is 71.6 Å². The fourth-order valence-corrected chi connectivity index (χ4v) is 5.72. The predicted octanol–water partition coefficient (Wildman–Crippen LogP) is 5.27. The third kappa shape index (κ3) is 5.82. The Balaban J connectivity index is 1.47. The van der Waals surface area contributed by atoms with Crippen molar-refractivity contribution in [2.24, 2.45) is 0 Å². The van der Waals surface area contributed by atoms with Crippen molar-refractivity contribution in [2.45, 2.75) is 49.5 Å². The molecule has 0 heterocycles. The normalized spacial score (nSPS) is 17.8. The molecule has 2 atom stereocenters. The Morgan fingerprint density at radius 2 is 1.53 bits per heavy atom. The molecule has 1 aliphatic rings. The topological polar surface area (TPSA) is 93.7 Å². The molecule has 4 rings (SSSR count). The molecule has 1 aliphatic carbocycles. The van der Waals surface area contributed by atoms with Gasteiger partial charge in [0.05, 0.1) is 19.1 Å². The Labute approximate surface area is 212 Å². The summed E-state index contributed by atoms with van der Waals surface area (Å²) < 4.78 is 38.9. The summed E-state index contributed by atoms with van der Waals surface area (Å²) >= 11 is 0. The van der Waals surface area contributed by atoms with E-state index in [0.29, 0.717) is 22.7 Å². The van der Waals surface area contributed by atoms with Gasteiger partial charge in [0.1, 0.15) is 0 Å². The lowest BCUT2D eigenvalue weighted by Gasteiger charge is -2.33. The average molecular weight is 509 g/mol. The van der Waals surface area contributed by atoms with E-state index in [0.717, 1.165) is 36.8 Å². The number of rotatable bonds is 8. The monoisotopic (exact) mass is 508 g/mol. The van der Waals surface area contributed by atoms with Gasteiger partial charge < -0.3 is 14.8 Å². The first-order chi connectivity index (χ1) is 17.3. The molecule has 0 aliphatic heterocycles. The maximum Gasteiger partial charge on any atom is 0.261 e. The number of amides is 1. The lowest BCUT2D eigenvalue weighted by Crippen LogP contribution is -2.41. The Morgan fingerprint density at radius 3 is 2.19 bits per heavy atom. The number of sulfonamides is 1. The van der Waals surface area contributed by atoms with Crippen molar-refractivity contribution >= 4 is 21.6 Å². The highest BCUT2D eigenvalue weighted by Crippen LogP contribution is 2.37. The van der Waals surface area contributed by atoms with Gasteiger partial charge in [0, 0.05) is 23.2 Å². The third-order valence-corrected chi connectivity index (χ3v) is 8.05. The number of nitrogens with one attached hydrogen (secondary N) is 2. The minimum absolute atomic E-state index is 0.0315. The zero-order valence-electron chi connectivity index (χ0n) is 20.8. The van der Waals surface area contributed by atoms with Gasteiger partial charge in [-0.2, -0.15) is 0 Å². The van der Waals surface area contributed by atoms with E-state index in [-0.39, 0.29) is 22.8 Å². The summed E-state index contributed by atoms with van der Waals surface area (Å²) in [7, 11) is -0.536. The number of benzene rings is 3. The van der Waals surface area contributed by atoms with Crippen molar-refractivity contribution in [1.29, 1.82) is 0 Å². The van der Waals surface area contributed by atoms with Crippen molar-refractivity contribution in [3.05, 3.63) is 83.4 Å². The third-order valence-electron chi connectivity index (χ3n) is 6.65. The number of methoxy groups -OCH3 is 2. The first-order valence-corrected chi connectivity index (χ1v) is 13.5. The van der Waals surface area contributed by atoms with Gasteiger partial charge in [0.2, 0.25) is 0 Å². The van der Waals surface area contributed by atoms with Gasteiger partial charge in [-0.05, 0) is 73.9 Å². The van der Waals surface area contributed by atoms with Gasteiger partial charge in [-0.25, -0.2) is 8.42 Å². The molecule has 0 bridgehead atoms. The lowest BCUT2D eigenvalue weighted by molar-refractivity contribution is 0.0920. The summed E-state index contributed by atoms with van der Waals surface area (Å²) in [6.45, 7) is 1.94. The first-order valence-electron chi connectivity index (χ1n) is 12.0. The molecule has 2 N–H and O–H groups in total. The summed E-state index contributed by atoms with van der Waals surface area (Å²) in [5.74, 6) is 1.27. The number of carbonyl (C=O) groups is 1. The van der Waals surface area contributed by atoms with Crippen LogP contribution >= 0.6 is 0 Å². The molecular weight excluding hydrogens is 476 g/mol. The summed E-state index contributed by atoms with van der Waals surface area (Å²) in [6.07, 6.45) is 3.96. The van der Waals surface area contributed by atoms with E-state index >= 15 is 0 Å². The van der Waals surface area contributed by atoms with E-state index in [1.807, 2.05) is 37.3 Å². The molecule has 3 aromatic rings. The SMILES string of the molecule is COc1ccc(C2CCCCC2NC(=O)c2ccc(S(=O)(=O)Nc3ccc(C)cc3)cc2)cc1OC. The fourth-order valence-electron chi connectivity index (χ4n) is 4.66. The van der Waals surface area contributed by atoms with Crippen LogP contribution < -0.4 is 19.5 Å². The van der Waals surface area contributed by atoms with Crippen LogP contribution in [0.1, 0.15) is 53.1 Å². The molecular formula is C28H32N2O5S. The molecule has 0 radical (unpaired) electrons. The summed E-state index contributed by atoms with van der Waals surface area (Å²) in [5, 5.41) is 3.18. The maximum absolute atomic E-state index is 13.1. The zero-order valence-corrected chi connectivity index (χ0v) is 21.6. The standard InChI is InChI=1S/C28H32N2O5S/c1-19-8-13-22(14-9-19)30-36(32,33)23-15-10-20(11-16-23)28(31)29-25-7-5-4-6-24(25)21-12-17-26(34-2)27(18-21)35-3/h8-18,24-25,30H,4-7H2,1-3H3,(H,29,31). The van der Waals surface area contributed by atoms with Crippen LogP contribution in [0.4, 0.5) is 5.69 Å². The number of hydrogen-bond donors (Lipinski definition) is 2. The number of anilines is 1. The molecule has 36 heavy (non-hydrogen) atoms. The van der Waals surface area contributed by atoms with Gasteiger partial charge in [0.25, 0.3) is 15.9 Å². The Morgan fingerprint density at radius 1 is 0.861 bits per heavy atom. The molecule has 3 aromatic carbocycles. The van der Waals surface area contributed by atoms with Crippen molar-refractivity contribution in [3.63, 3.8) is 0 Å². The van der Waals surface area contributed by atoms with Crippen LogP contribution in [0, 0.1) is 6.92 Å². The van der Waals surface area contributed by atoms with Gasteiger partial charge in [-0.3, -0.25) is 9.52 Å². The van der Waals surface area contributed by atoms with Crippen molar-refractivity contribution < 1.29 is 22.7 Å². The number of carbonyl (C=O) groups excluding carboxylic acids is 1. The lowest BCUT2D eigenvalue weighted by atomic mass is 9.79. The van der Waals surface area contributed by atoms with Gasteiger partial charge in [-0.1, -0.05) is 36.6 Å². The minimum atomic E-state index is -3.76. The van der Waals surface area contributed by atoms with E-state index in [9.17, 15) is 13.2 Å². The molecule has 0 aromatic heterocycles. The number of ether oxygens (including phenoxy) is 2. The number of hydrogen-bond acceptors (Lipinski definition) is 5. The number of aryl methyl sites for hydroxylation is 1. The maximum atomic E-state index is 13.1. The molecule has 8 heteroatoms. The average Bonchev–Trinajstić information content (AvgIpc) is 2.90. The first kappa shape index (κ1) is 25.6. The molecule has 0 spiro atoms. The molecule has 190 valence electrons. The fraction of sp³-hybridized carbons (Fsp3) is 0.321. The Hall–Kier alpha value is -3.52. The summed E-state index contributed by atoms with van der Waals surface area (Å²) in [4.78, 5) is 13.2. The smallest absolute Gasteiger partial charge is 0.261 e. The van der Waals surface area contributed by atoms with Gasteiger partial charge in [0.15, 0.2) is 11.5 Å². The van der Waals surface area contributed by atoms with E-state index < -0.39 is 10.0 Å². The molecule has 1 fully saturated rings. The van der Waals surface area contributed by atoms with Crippen LogP contribution in [0.5, 0.6) is 11.5 Å². The van der Waals surface area contributed by atoms with Crippen LogP contribution in [0.25, 0.3) is 0 Å². The molecule has 2 unspecified atom stereocenters. The molecule has 7 nitrogen and oxygen atoms in total. The van der Waals surface area contributed by atoms with E-state index in [1.165, 1.54) is 12.1 Å². The van der Waals surface area contributed by atoms with Gasteiger partial charge in [-0.15, -0.1) is 0 Å². The van der Waals surface area contributed by atoms with Crippen LogP contribution in [0.2, 0.25) is 0 Å². The van der Waals surface area contributed by atoms with Crippen molar-refractivity contribution in [1.82, 2.24) is 5.32 Å². The zero-order chi connectivity index (χ0) is 25.7. The van der Waals surface area contributed by atoms with E-state index in [2.05, 4.69) is 10.0 Å². The highest BCUT2D eigenvalue weighted by Gasteiger charge is 2.29.